The highest BCUT2D eigenvalue weighted by Crippen LogP contribution is 2.27. The quantitative estimate of drug-likeness (QED) is 0.698. The summed E-state index contributed by atoms with van der Waals surface area (Å²) in [6.45, 7) is 3.84. The summed E-state index contributed by atoms with van der Waals surface area (Å²) in [5.41, 5.74) is 8.54. The molecule has 0 bridgehead atoms. The zero-order valence-electron chi connectivity index (χ0n) is 7.59. The smallest absolute Gasteiger partial charge is 0.148 e. The summed E-state index contributed by atoms with van der Waals surface area (Å²) in [6, 6.07) is 1.90. The van der Waals surface area contributed by atoms with E-state index in [0.29, 0.717) is 5.82 Å². The largest absolute Gasteiger partial charge is 0.469 e. The normalized spacial score (nSPS) is 10.6. The lowest BCUT2D eigenvalue weighted by atomic mass is 10.1. The molecule has 4 heteroatoms. The van der Waals surface area contributed by atoms with Gasteiger partial charge in [-0.3, -0.25) is 5.10 Å². The Morgan fingerprint density at radius 3 is 2.69 bits per heavy atom. The van der Waals surface area contributed by atoms with E-state index >= 15 is 0 Å². The highest BCUT2D eigenvalue weighted by atomic mass is 16.3. The molecule has 0 saturated carbocycles. The first kappa shape index (κ1) is 7.91. The van der Waals surface area contributed by atoms with E-state index in [-0.39, 0.29) is 0 Å². The maximum atomic E-state index is 5.62. The zero-order chi connectivity index (χ0) is 9.42. The molecule has 2 aromatic rings. The van der Waals surface area contributed by atoms with Gasteiger partial charge in [-0.2, -0.15) is 5.10 Å². The number of nitrogens with one attached hydrogen (secondary N) is 1. The minimum Gasteiger partial charge on any atom is -0.469 e. The van der Waals surface area contributed by atoms with Gasteiger partial charge in [0.25, 0.3) is 0 Å². The van der Waals surface area contributed by atoms with Gasteiger partial charge < -0.3 is 10.2 Å². The van der Waals surface area contributed by atoms with E-state index in [4.69, 9.17) is 10.2 Å². The zero-order valence-corrected chi connectivity index (χ0v) is 7.59. The third-order valence-corrected chi connectivity index (χ3v) is 2.18. The van der Waals surface area contributed by atoms with Crippen molar-refractivity contribution in [2.75, 3.05) is 5.73 Å². The summed E-state index contributed by atoms with van der Waals surface area (Å²) in [5.74, 6) is 1.40. The van der Waals surface area contributed by atoms with Gasteiger partial charge in [-0.25, -0.2) is 0 Å². The molecule has 0 fully saturated rings. The number of nitrogens with zero attached hydrogens (tertiary/aromatic N) is 1. The van der Waals surface area contributed by atoms with Crippen molar-refractivity contribution in [3.05, 3.63) is 23.7 Å². The van der Waals surface area contributed by atoms with Crippen molar-refractivity contribution < 1.29 is 4.42 Å². The minimum absolute atomic E-state index is 0.538. The number of aromatic amines is 1. The van der Waals surface area contributed by atoms with E-state index in [2.05, 4.69) is 10.2 Å². The first-order valence-corrected chi connectivity index (χ1v) is 4.05. The summed E-state index contributed by atoms with van der Waals surface area (Å²) in [7, 11) is 0. The summed E-state index contributed by atoms with van der Waals surface area (Å²) in [5, 5.41) is 6.81. The lowest BCUT2D eigenvalue weighted by Gasteiger charge is -1.95. The molecule has 0 saturated heterocycles. The van der Waals surface area contributed by atoms with Crippen LogP contribution in [-0.4, -0.2) is 10.2 Å². The standard InChI is InChI=1S/C9H11N3O/c1-5-8(11-12-9(5)10)7-3-4-13-6(7)2/h3-4H,1-2H3,(H3,10,11,12). The Balaban J connectivity index is 2.59. The molecule has 68 valence electrons. The number of nitrogen functional groups attached to an aromatic ring is 1. The number of H-pyrrole nitrogens is 1. The topological polar surface area (TPSA) is 67.8 Å². The molecule has 2 aromatic heterocycles. The van der Waals surface area contributed by atoms with Gasteiger partial charge in [-0.15, -0.1) is 0 Å². The lowest BCUT2D eigenvalue weighted by Crippen LogP contribution is -1.86. The Morgan fingerprint density at radius 2 is 2.23 bits per heavy atom. The van der Waals surface area contributed by atoms with Crippen LogP contribution in [0.25, 0.3) is 11.3 Å². The van der Waals surface area contributed by atoms with Crippen LogP contribution in [-0.2, 0) is 0 Å². The summed E-state index contributed by atoms with van der Waals surface area (Å²) in [4.78, 5) is 0. The Labute approximate surface area is 75.7 Å². The molecule has 3 N–H and O–H groups in total. The van der Waals surface area contributed by atoms with E-state index in [1.807, 2.05) is 19.9 Å². The van der Waals surface area contributed by atoms with Crippen LogP contribution in [0.15, 0.2) is 16.7 Å². The van der Waals surface area contributed by atoms with Crippen LogP contribution < -0.4 is 5.73 Å². The number of furan rings is 1. The molecular formula is C9H11N3O. The first-order chi connectivity index (χ1) is 6.20. The predicted octanol–water partition coefficient (Wildman–Crippen LogP) is 1.87. The van der Waals surface area contributed by atoms with Crippen molar-refractivity contribution >= 4 is 5.82 Å². The maximum absolute atomic E-state index is 5.62. The third kappa shape index (κ3) is 1.11. The number of rotatable bonds is 1. The van der Waals surface area contributed by atoms with Gasteiger partial charge in [0.15, 0.2) is 0 Å². The van der Waals surface area contributed by atoms with E-state index in [0.717, 1.165) is 22.6 Å². The van der Waals surface area contributed by atoms with Crippen LogP contribution >= 0.6 is 0 Å². The highest BCUT2D eigenvalue weighted by molar-refractivity contribution is 5.68. The molecule has 0 unspecified atom stereocenters. The third-order valence-electron chi connectivity index (χ3n) is 2.18. The fraction of sp³-hybridized carbons (Fsp3) is 0.222. The van der Waals surface area contributed by atoms with Crippen LogP contribution in [0.5, 0.6) is 0 Å². The van der Waals surface area contributed by atoms with Gasteiger partial charge in [-0.05, 0) is 19.9 Å². The average molecular weight is 177 g/mol. The number of hydrogen-bond donors (Lipinski definition) is 2. The van der Waals surface area contributed by atoms with Crippen LogP contribution in [0.3, 0.4) is 0 Å². The molecule has 0 atom stereocenters. The molecule has 0 aliphatic rings. The first-order valence-electron chi connectivity index (χ1n) is 4.05. The molecular weight excluding hydrogens is 166 g/mol. The predicted molar refractivity (Wildman–Crippen MR) is 50.2 cm³/mol. The fourth-order valence-electron chi connectivity index (χ4n) is 1.32. The molecule has 0 spiro atoms. The number of nitrogens with two attached hydrogens (primary N) is 1. The molecule has 0 amide bonds. The monoisotopic (exact) mass is 177 g/mol. The van der Waals surface area contributed by atoms with Crippen LogP contribution in [0.2, 0.25) is 0 Å². The number of aromatic nitrogens is 2. The summed E-state index contributed by atoms with van der Waals surface area (Å²) >= 11 is 0. The number of anilines is 1. The number of hydrogen-bond acceptors (Lipinski definition) is 3. The van der Waals surface area contributed by atoms with E-state index in [1.165, 1.54) is 0 Å². The molecule has 0 aromatic carbocycles. The molecule has 0 aliphatic carbocycles. The minimum atomic E-state index is 0.538. The van der Waals surface area contributed by atoms with Crippen molar-refractivity contribution in [3.63, 3.8) is 0 Å². The Morgan fingerprint density at radius 1 is 1.46 bits per heavy atom. The van der Waals surface area contributed by atoms with Gasteiger partial charge in [0.1, 0.15) is 11.6 Å². The fourth-order valence-corrected chi connectivity index (χ4v) is 1.32. The maximum Gasteiger partial charge on any atom is 0.148 e. The molecule has 0 aliphatic heterocycles. The molecule has 2 rings (SSSR count). The molecule has 13 heavy (non-hydrogen) atoms. The Kier molecular flexibility index (Phi) is 1.62. The van der Waals surface area contributed by atoms with Gasteiger partial charge in [0.05, 0.1) is 12.0 Å². The summed E-state index contributed by atoms with van der Waals surface area (Å²) < 4.78 is 5.19. The van der Waals surface area contributed by atoms with Crippen molar-refractivity contribution in [2.24, 2.45) is 0 Å². The average Bonchev–Trinajstić information content (AvgIpc) is 2.62. The SMILES string of the molecule is Cc1occc1-c1[nH]nc(N)c1C. The van der Waals surface area contributed by atoms with Crippen LogP contribution in [0.1, 0.15) is 11.3 Å². The van der Waals surface area contributed by atoms with Gasteiger partial charge in [0.2, 0.25) is 0 Å². The molecule has 4 nitrogen and oxygen atoms in total. The van der Waals surface area contributed by atoms with Crippen LogP contribution in [0.4, 0.5) is 5.82 Å². The second-order valence-electron chi connectivity index (χ2n) is 3.00. The molecule has 0 radical (unpaired) electrons. The van der Waals surface area contributed by atoms with Crippen LogP contribution in [0, 0.1) is 13.8 Å². The summed E-state index contributed by atoms with van der Waals surface area (Å²) in [6.07, 6.45) is 1.65. The van der Waals surface area contributed by atoms with E-state index in [9.17, 15) is 0 Å². The highest BCUT2D eigenvalue weighted by Gasteiger charge is 2.11. The van der Waals surface area contributed by atoms with Crippen molar-refractivity contribution in [2.45, 2.75) is 13.8 Å². The second kappa shape index (κ2) is 2.65. The van der Waals surface area contributed by atoms with Crippen molar-refractivity contribution in [3.8, 4) is 11.3 Å². The number of aryl methyl sites for hydroxylation is 1. The van der Waals surface area contributed by atoms with Gasteiger partial charge in [-0.1, -0.05) is 0 Å². The van der Waals surface area contributed by atoms with Gasteiger partial charge >= 0.3 is 0 Å². The Bertz CT molecular complexity index is 428. The van der Waals surface area contributed by atoms with E-state index in [1.54, 1.807) is 6.26 Å². The molecule has 2 heterocycles. The second-order valence-corrected chi connectivity index (χ2v) is 3.00. The Hall–Kier alpha value is -1.71. The van der Waals surface area contributed by atoms with Crippen molar-refractivity contribution in [1.82, 2.24) is 10.2 Å². The van der Waals surface area contributed by atoms with Crippen molar-refractivity contribution in [1.29, 1.82) is 0 Å². The van der Waals surface area contributed by atoms with Gasteiger partial charge in [0, 0.05) is 11.1 Å². The lowest BCUT2D eigenvalue weighted by molar-refractivity contribution is 0.535. The van der Waals surface area contributed by atoms with E-state index < -0.39 is 0 Å².